The van der Waals surface area contributed by atoms with Crippen molar-refractivity contribution >= 4 is 29.5 Å². The second-order valence-electron chi connectivity index (χ2n) is 15.5. The Hall–Kier alpha value is -2.81. The number of aliphatic hydroxyl groups is 2. The van der Waals surface area contributed by atoms with Crippen LogP contribution in [0.2, 0.25) is 0 Å². The summed E-state index contributed by atoms with van der Waals surface area (Å²) in [5.41, 5.74) is 6.01. The monoisotopic (exact) mass is 739 g/mol. The van der Waals surface area contributed by atoms with Crippen LogP contribution >= 0.6 is 0 Å². The van der Waals surface area contributed by atoms with Gasteiger partial charge in [-0.1, -0.05) is 72.6 Å². The van der Waals surface area contributed by atoms with E-state index in [9.17, 15) is 34.2 Å². The third kappa shape index (κ3) is 14.9. The minimum absolute atomic E-state index is 0.0700. The van der Waals surface area contributed by atoms with Gasteiger partial charge in [0, 0.05) is 19.6 Å². The molecule has 2 rings (SSSR count). The summed E-state index contributed by atoms with van der Waals surface area (Å²) in [6.07, 6.45) is 8.47. The number of unbranched alkanes of at least 4 members (excludes halogenated alkanes) is 3. The average molecular weight is 739 g/mol. The first-order chi connectivity index (χ1) is 24.7. The van der Waals surface area contributed by atoms with Gasteiger partial charge in [-0.05, 0) is 63.7 Å². The highest BCUT2D eigenvalue weighted by atomic mass is 16.5. The molecular formula is C38H70N6O8. The summed E-state index contributed by atoms with van der Waals surface area (Å²) < 4.78 is 6.37. The standard InChI is InChI=1S/C38H70N6O8/c1-7-8-9-13-19-32-26(5)38(51)44(6)31(20-24(2)3)36(49)43-33(27-15-11-10-12-16-27)37(50)42-30(21-39)35(48)41-29(18-14-17-28(46)22-45)34(47)40-25(4)23-52-32/h24-33,45-46H,7-23,39H2,1-6H3,(H,40,47)(H,41,48)(H,42,50)(H,43,49)/t25-,26-,28-,29+,30+,31+,32-,33+/m1/s1. The molecule has 8 N–H and O–H groups in total. The van der Waals surface area contributed by atoms with Gasteiger partial charge in [0.1, 0.15) is 24.2 Å². The molecule has 0 spiro atoms. The molecule has 1 saturated carbocycles. The Morgan fingerprint density at radius 3 is 2.12 bits per heavy atom. The maximum Gasteiger partial charge on any atom is 0.244 e. The molecule has 8 atom stereocenters. The quantitative estimate of drug-likeness (QED) is 0.130. The summed E-state index contributed by atoms with van der Waals surface area (Å²) in [5.74, 6) is -3.04. The van der Waals surface area contributed by atoms with E-state index < -0.39 is 78.6 Å². The van der Waals surface area contributed by atoms with Crippen LogP contribution in [-0.4, -0.2) is 114 Å². The minimum Gasteiger partial charge on any atom is -0.394 e. The Bertz CT molecular complexity index is 1120. The van der Waals surface area contributed by atoms with Gasteiger partial charge in [0.25, 0.3) is 0 Å². The van der Waals surface area contributed by atoms with Crippen molar-refractivity contribution in [2.45, 2.75) is 167 Å². The molecule has 0 unspecified atom stereocenters. The summed E-state index contributed by atoms with van der Waals surface area (Å²) in [7, 11) is 1.63. The van der Waals surface area contributed by atoms with E-state index >= 15 is 0 Å². The van der Waals surface area contributed by atoms with E-state index in [1.807, 2.05) is 20.8 Å². The molecule has 1 aliphatic heterocycles. The normalized spacial score (nSPS) is 29.0. The first-order valence-corrected chi connectivity index (χ1v) is 19.8. The van der Waals surface area contributed by atoms with Gasteiger partial charge in [-0.3, -0.25) is 24.0 Å². The summed E-state index contributed by atoms with van der Waals surface area (Å²) in [6, 6.07) is -4.51. The van der Waals surface area contributed by atoms with Crippen LogP contribution in [0.3, 0.4) is 0 Å². The van der Waals surface area contributed by atoms with Gasteiger partial charge >= 0.3 is 0 Å². The highest BCUT2D eigenvalue weighted by molar-refractivity contribution is 5.96. The second kappa shape index (κ2) is 23.8. The van der Waals surface area contributed by atoms with E-state index in [1.165, 1.54) is 4.90 Å². The highest BCUT2D eigenvalue weighted by Gasteiger charge is 2.39. The van der Waals surface area contributed by atoms with Gasteiger partial charge in [-0.25, -0.2) is 0 Å². The molecule has 0 aromatic heterocycles. The average Bonchev–Trinajstić information content (AvgIpc) is 3.12. The van der Waals surface area contributed by atoms with E-state index in [4.69, 9.17) is 10.5 Å². The van der Waals surface area contributed by atoms with Crippen molar-refractivity contribution in [3.63, 3.8) is 0 Å². The Morgan fingerprint density at radius 1 is 0.846 bits per heavy atom. The molecule has 0 bridgehead atoms. The van der Waals surface area contributed by atoms with Crippen LogP contribution in [0.25, 0.3) is 0 Å². The van der Waals surface area contributed by atoms with Crippen LogP contribution in [0.1, 0.15) is 125 Å². The Labute approximate surface area is 311 Å². The number of hydrogen-bond acceptors (Lipinski definition) is 9. The number of amides is 5. The molecule has 0 radical (unpaired) electrons. The smallest absolute Gasteiger partial charge is 0.244 e. The van der Waals surface area contributed by atoms with Gasteiger partial charge in [0.15, 0.2) is 0 Å². The van der Waals surface area contributed by atoms with Crippen molar-refractivity contribution in [2.24, 2.45) is 23.5 Å². The third-order valence-electron chi connectivity index (χ3n) is 10.5. The number of likely N-dealkylation sites (N-methyl/N-ethyl adjacent to an activating group) is 1. The second-order valence-corrected chi connectivity index (χ2v) is 15.5. The van der Waals surface area contributed by atoms with Crippen molar-refractivity contribution < 1.29 is 38.9 Å². The number of hydrogen-bond donors (Lipinski definition) is 7. The Kier molecular flexibility index (Phi) is 20.7. The molecule has 1 heterocycles. The fourth-order valence-corrected chi connectivity index (χ4v) is 7.22. The van der Waals surface area contributed by atoms with Gasteiger partial charge in [-0.15, -0.1) is 0 Å². The topological polar surface area (TPSA) is 212 Å². The predicted octanol–water partition coefficient (Wildman–Crippen LogP) is 1.89. The lowest BCUT2D eigenvalue weighted by Crippen LogP contribution is -2.61. The maximum atomic E-state index is 14.2. The van der Waals surface area contributed by atoms with Crippen LogP contribution in [0, 0.1) is 17.8 Å². The van der Waals surface area contributed by atoms with E-state index in [-0.39, 0.29) is 43.7 Å². The van der Waals surface area contributed by atoms with Crippen molar-refractivity contribution in [3.8, 4) is 0 Å². The van der Waals surface area contributed by atoms with Crippen LogP contribution in [-0.2, 0) is 28.7 Å². The lowest BCUT2D eigenvalue weighted by atomic mass is 9.83. The summed E-state index contributed by atoms with van der Waals surface area (Å²) in [5, 5.41) is 30.6. The fourth-order valence-electron chi connectivity index (χ4n) is 7.22. The predicted molar refractivity (Wildman–Crippen MR) is 200 cm³/mol. The molecule has 1 aliphatic carbocycles. The van der Waals surface area contributed by atoms with Crippen LogP contribution in [0.5, 0.6) is 0 Å². The van der Waals surface area contributed by atoms with Crippen molar-refractivity contribution in [2.75, 3.05) is 26.8 Å². The summed E-state index contributed by atoms with van der Waals surface area (Å²) in [6.45, 7) is 9.12. The van der Waals surface area contributed by atoms with Crippen molar-refractivity contribution in [1.29, 1.82) is 0 Å². The van der Waals surface area contributed by atoms with E-state index in [0.29, 0.717) is 19.3 Å². The maximum absolute atomic E-state index is 14.2. The molecule has 2 aliphatic rings. The molecule has 0 aromatic rings. The first kappa shape index (κ1) is 45.3. The number of carbonyl (C=O) groups excluding carboxylic acids is 5. The highest BCUT2D eigenvalue weighted by Crippen LogP contribution is 2.28. The Balaban J connectivity index is 2.54. The molecule has 14 heteroatoms. The van der Waals surface area contributed by atoms with Crippen LogP contribution in [0.15, 0.2) is 0 Å². The third-order valence-corrected chi connectivity index (χ3v) is 10.5. The van der Waals surface area contributed by atoms with Gasteiger partial charge in [0.2, 0.25) is 29.5 Å². The number of nitrogens with two attached hydrogens (primary N) is 1. The van der Waals surface area contributed by atoms with Gasteiger partial charge in [-0.2, -0.15) is 0 Å². The van der Waals surface area contributed by atoms with Gasteiger partial charge in [0.05, 0.1) is 31.3 Å². The number of carbonyl (C=O) groups is 5. The fraction of sp³-hybridized carbons (Fsp3) is 0.868. The van der Waals surface area contributed by atoms with Crippen molar-refractivity contribution in [3.05, 3.63) is 0 Å². The number of nitrogens with zero attached hydrogens (tertiary/aromatic N) is 1. The number of rotatable bonds is 14. The minimum atomic E-state index is -1.19. The molecule has 14 nitrogen and oxygen atoms in total. The van der Waals surface area contributed by atoms with Crippen LogP contribution < -0.4 is 27.0 Å². The molecular weight excluding hydrogens is 668 g/mol. The summed E-state index contributed by atoms with van der Waals surface area (Å²) >= 11 is 0. The molecule has 5 amide bonds. The largest absolute Gasteiger partial charge is 0.394 e. The number of nitrogens with one attached hydrogen (secondary N) is 4. The zero-order valence-electron chi connectivity index (χ0n) is 32.7. The molecule has 2 fully saturated rings. The van der Waals surface area contributed by atoms with Gasteiger partial charge < -0.3 is 46.9 Å². The lowest BCUT2D eigenvalue weighted by molar-refractivity contribution is -0.147. The Morgan fingerprint density at radius 2 is 1.50 bits per heavy atom. The zero-order valence-corrected chi connectivity index (χ0v) is 32.7. The lowest BCUT2D eigenvalue weighted by Gasteiger charge is -2.36. The van der Waals surface area contributed by atoms with E-state index in [0.717, 1.165) is 57.8 Å². The van der Waals surface area contributed by atoms with Crippen molar-refractivity contribution in [1.82, 2.24) is 26.2 Å². The zero-order chi connectivity index (χ0) is 38.8. The number of ether oxygens (including phenoxy) is 1. The van der Waals surface area contributed by atoms with E-state index in [1.54, 1.807) is 14.0 Å². The number of aliphatic hydroxyl groups excluding tert-OH is 2. The first-order valence-electron chi connectivity index (χ1n) is 19.8. The SMILES string of the molecule is CCCCCC[C@H]1OC[C@@H](C)NC(=O)[C@H](CCC[C@@H](O)CO)NC(=O)[C@H](CN)NC(=O)[C@H](C2CCCCC2)NC(=O)[C@H](CC(C)C)N(C)C(=O)[C@@H]1C. The molecule has 1 saturated heterocycles. The summed E-state index contributed by atoms with van der Waals surface area (Å²) in [4.78, 5) is 71.1. The molecule has 0 aromatic carbocycles. The van der Waals surface area contributed by atoms with Crippen LogP contribution in [0.4, 0.5) is 0 Å². The van der Waals surface area contributed by atoms with E-state index in [2.05, 4.69) is 28.2 Å². The molecule has 52 heavy (non-hydrogen) atoms. The molecule has 300 valence electrons.